The molecule has 1 fully saturated rings. The number of carbonyl (C=O) groups excluding carboxylic acids is 1. The predicted molar refractivity (Wildman–Crippen MR) is 139 cm³/mol. The van der Waals surface area contributed by atoms with E-state index >= 15 is 0 Å². The number of piperidine rings is 1. The normalized spacial score (nSPS) is 22.6. The van der Waals surface area contributed by atoms with Gasteiger partial charge in [0.15, 0.2) is 0 Å². The number of amides is 1. The number of halogens is 1. The fourth-order valence-corrected chi connectivity index (χ4v) is 5.22. The number of allylic oxidation sites excluding steroid dienone is 2. The van der Waals surface area contributed by atoms with Gasteiger partial charge in [0.25, 0.3) is 0 Å². The molecule has 6 nitrogen and oxygen atoms in total. The Labute approximate surface area is 211 Å². The van der Waals surface area contributed by atoms with Crippen molar-refractivity contribution < 1.29 is 14.3 Å². The van der Waals surface area contributed by atoms with Crippen LogP contribution in [0.15, 0.2) is 54.9 Å². The molecule has 7 heteroatoms. The number of nitrogens with one attached hydrogen (secondary N) is 1. The number of rotatable bonds is 4. The van der Waals surface area contributed by atoms with Gasteiger partial charge >= 0.3 is 6.09 Å². The molecule has 2 aliphatic heterocycles. The minimum atomic E-state index is -0.487. The second kappa shape index (κ2) is 9.67. The summed E-state index contributed by atoms with van der Waals surface area (Å²) in [6.45, 7) is 8.23. The van der Waals surface area contributed by atoms with Gasteiger partial charge in [-0.2, -0.15) is 0 Å². The van der Waals surface area contributed by atoms with Crippen molar-refractivity contribution in [3.8, 4) is 0 Å². The molecule has 2 atom stereocenters. The van der Waals surface area contributed by atoms with Gasteiger partial charge in [-0.05, 0) is 68.8 Å². The standard InChI is InChI=1S/C28H32ClN3O3/c1-28(2,3)35-27(33)31-20-8-10-32(11-9-20)17-18-12-21-22(24(29)13-18)15-30-16-23(21)26-14-19-6-4-5-7-25(19)34-26/h4-7,12-16,19-20,25H,8-11,17H2,1-3H3,(H,31,33). The molecule has 3 heterocycles. The number of hydrogen-bond acceptors (Lipinski definition) is 5. The molecule has 1 amide bonds. The van der Waals surface area contributed by atoms with Crippen LogP contribution in [0.4, 0.5) is 4.79 Å². The highest BCUT2D eigenvalue weighted by atomic mass is 35.5. The number of benzene rings is 1. The molecule has 0 spiro atoms. The van der Waals surface area contributed by atoms with Crippen LogP contribution in [0.2, 0.25) is 5.02 Å². The van der Waals surface area contributed by atoms with Crippen molar-refractivity contribution in [2.45, 2.75) is 57.9 Å². The third-order valence-corrected chi connectivity index (χ3v) is 6.91. The van der Waals surface area contributed by atoms with E-state index in [4.69, 9.17) is 21.1 Å². The fourth-order valence-electron chi connectivity index (χ4n) is 4.93. The maximum atomic E-state index is 12.1. The summed E-state index contributed by atoms with van der Waals surface area (Å²) in [6.07, 6.45) is 15.7. The number of ether oxygens (including phenoxy) is 2. The maximum absolute atomic E-state index is 12.1. The lowest BCUT2D eigenvalue weighted by Crippen LogP contribution is -2.45. The summed E-state index contributed by atoms with van der Waals surface area (Å²) in [5.74, 6) is 1.11. The number of aromatic nitrogens is 1. The molecule has 1 aliphatic carbocycles. The molecule has 184 valence electrons. The van der Waals surface area contributed by atoms with Crippen LogP contribution in [-0.2, 0) is 16.0 Å². The topological polar surface area (TPSA) is 63.7 Å². The summed E-state index contributed by atoms with van der Waals surface area (Å²) in [5.41, 5.74) is 1.64. The van der Waals surface area contributed by atoms with Crippen molar-refractivity contribution in [2.24, 2.45) is 5.92 Å². The second-order valence-corrected chi connectivity index (χ2v) is 10.9. The van der Waals surface area contributed by atoms with Crippen LogP contribution in [-0.4, -0.2) is 46.8 Å². The van der Waals surface area contributed by atoms with Crippen molar-refractivity contribution in [1.82, 2.24) is 15.2 Å². The molecule has 1 saturated heterocycles. The van der Waals surface area contributed by atoms with E-state index in [9.17, 15) is 4.79 Å². The Morgan fingerprint density at radius 3 is 2.69 bits per heavy atom. The molecule has 0 saturated carbocycles. The van der Waals surface area contributed by atoms with E-state index in [0.717, 1.165) is 60.1 Å². The highest BCUT2D eigenvalue weighted by molar-refractivity contribution is 6.35. The number of carbonyl (C=O) groups is 1. The first-order chi connectivity index (χ1) is 16.7. The lowest BCUT2D eigenvalue weighted by Gasteiger charge is -2.33. The van der Waals surface area contributed by atoms with E-state index in [1.54, 1.807) is 0 Å². The molecule has 0 bridgehead atoms. The van der Waals surface area contributed by atoms with Crippen LogP contribution in [0, 0.1) is 5.92 Å². The van der Waals surface area contributed by atoms with E-state index in [0.29, 0.717) is 5.02 Å². The number of likely N-dealkylation sites (tertiary alicyclic amines) is 1. The summed E-state index contributed by atoms with van der Waals surface area (Å²) in [4.78, 5) is 18.9. The molecule has 35 heavy (non-hydrogen) atoms. The molecule has 1 N–H and O–H groups in total. The first-order valence-electron chi connectivity index (χ1n) is 12.3. The minimum absolute atomic E-state index is 0.0412. The van der Waals surface area contributed by atoms with Gasteiger partial charge in [-0.3, -0.25) is 9.88 Å². The minimum Gasteiger partial charge on any atom is -0.485 e. The number of pyridine rings is 1. The molecule has 3 aliphatic rings. The van der Waals surface area contributed by atoms with E-state index in [1.165, 1.54) is 0 Å². The zero-order valence-electron chi connectivity index (χ0n) is 20.5. The molecule has 1 aromatic carbocycles. The summed E-state index contributed by atoms with van der Waals surface area (Å²) >= 11 is 6.71. The van der Waals surface area contributed by atoms with Crippen molar-refractivity contribution >= 4 is 34.2 Å². The van der Waals surface area contributed by atoms with Crippen LogP contribution in [0.3, 0.4) is 0 Å². The SMILES string of the molecule is CC(C)(C)OC(=O)NC1CCN(Cc2cc(Cl)c3cncc(C4=CC5C=CC=CC5O4)c3c2)CC1. The Hall–Kier alpha value is -2.83. The highest BCUT2D eigenvalue weighted by Crippen LogP contribution is 2.38. The summed E-state index contributed by atoms with van der Waals surface area (Å²) in [6, 6.07) is 4.38. The average molecular weight is 494 g/mol. The van der Waals surface area contributed by atoms with Gasteiger partial charge in [-0.25, -0.2) is 4.79 Å². The lowest BCUT2D eigenvalue weighted by molar-refractivity contribution is 0.0477. The van der Waals surface area contributed by atoms with E-state index in [2.05, 4.69) is 45.6 Å². The van der Waals surface area contributed by atoms with Gasteiger partial charge in [-0.15, -0.1) is 0 Å². The Morgan fingerprint density at radius 2 is 1.94 bits per heavy atom. The van der Waals surface area contributed by atoms with Crippen LogP contribution >= 0.6 is 11.6 Å². The Kier molecular flexibility index (Phi) is 6.60. The maximum Gasteiger partial charge on any atom is 0.407 e. The first-order valence-corrected chi connectivity index (χ1v) is 12.6. The van der Waals surface area contributed by atoms with Crippen LogP contribution in [0.25, 0.3) is 16.5 Å². The second-order valence-electron chi connectivity index (χ2n) is 10.5. The summed E-state index contributed by atoms with van der Waals surface area (Å²) < 4.78 is 11.6. The van der Waals surface area contributed by atoms with Gasteiger partial charge in [-0.1, -0.05) is 29.8 Å². The predicted octanol–water partition coefficient (Wildman–Crippen LogP) is 5.86. The average Bonchev–Trinajstić information content (AvgIpc) is 3.23. The van der Waals surface area contributed by atoms with Gasteiger partial charge < -0.3 is 14.8 Å². The Morgan fingerprint density at radius 1 is 1.17 bits per heavy atom. The van der Waals surface area contributed by atoms with E-state index in [-0.39, 0.29) is 24.2 Å². The Bertz CT molecular complexity index is 1210. The van der Waals surface area contributed by atoms with Crippen molar-refractivity contribution in [2.75, 3.05) is 13.1 Å². The van der Waals surface area contributed by atoms with Crippen molar-refractivity contribution in [3.63, 3.8) is 0 Å². The first kappa shape index (κ1) is 23.9. The molecule has 2 unspecified atom stereocenters. The van der Waals surface area contributed by atoms with E-state index < -0.39 is 5.60 Å². The molecular formula is C28H32ClN3O3. The smallest absolute Gasteiger partial charge is 0.407 e. The molecule has 5 rings (SSSR count). The highest BCUT2D eigenvalue weighted by Gasteiger charge is 2.29. The Balaban J connectivity index is 1.28. The molecule has 0 radical (unpaired) electrons. The number of hydrogen-bond donors (Lipinski definition) is 1. The van der Waals surface area contributed by atoms with E-state index in [1.807, 2.05) is 45.3 Å². The van der Waals surface area contributed by atoms with Crippen LogP contribution in [0.1, 0.15) is 44.7 Å². The fraction of sp³-hybridized carbons (Fsp3) is 0.429. The lowest BCUT2D eigenvalue weighted by atomic mass is 9.97. The summed E-state index contributed by atoms with van der Waals surface area (Å²) in [5, 5.41) is 5.69. The van der Waals surface area contributed by atoms with Gasteiger partial charge in [0, 0.05) is 54.9 Å². The van der Waals surface area contributed by atoms with Crippen molar-refractivity contribution in [3.05, 3.63) is 71.1 Å². The zero-order chi connectivity index (χ0) is 24.6. The summed E-state index contributed by atoms with van der Waals surface area (Å²) in [7, 11) is 0. The number of alkyl carbamates (subject to hydrolysis) is 1. The van der Waals surface area contributed by atoms with Crippen molar-refractivity contribution in [1.29, 1.82) is 0 Å². The monoisotopic (exact) mass is 493 g/mol. The molecule has 2 aromatic rings. The largest absolute Gasteiger partial charge is 0.485 e. The van der Waals surface area contributed by atoms with Crippen LogP contribution < -0.4 is 5.32 Å². The third kappa shape index (κ3) is 5.54. The van der Waals surface area contributed by atoms with Gasteiger partial charge in [0.1, 0.15) is 17.5 Å². The molecule has 1 aromatic heterocycles. The molecular weight excluding hydrogens is 462 g/mol. The number of fused-ring (bicyclic) bond motifs is 2. The van der Waals surface area contributed by atoms with Gasteiger partial charge in [0.05, 0.1) is 5.02 Å². The number of nitrogens with zero attached hydrogens (tertiary/aromatic N) is 2. The van der Waals surface area contributed by atoms with Gasteiger partial charge in [0.2, 0.25) is 0 Å². The van der Waals surface area contributed by atoms with Crippen LogP contribution in [0.5, 0.6) is 0 Å². The third-order valence-electron chi connectivity index (χ3n) is 6.60. The quantitative estimate of drug-likeness (QED) is 0.578. The zero-order valence-corrected chi connectivity index (χ0v) is 21.2.